The van der Waals surface area contributed by atoms with E-state index in [1.807, 2.05) is 13.0 Å². The van der Waals surface area contributed by atoms with E-state index in [1.54, 1.807) is 36.3 Å². The number of aromatic nitrogens is 4. The number of hydrogen-bond acceptors (Lipinski definition) is 8. The van der Waals surface area contributed by atoms with Gasteiger partial charge in [0.25, 0.3) is 5.56 Å². The van der Waals surface area contributed by atoms with Crippen LogP contribution in [0.2, 0.25) is 5.02 Å². The zero-order valence-corrected chi connectivity index (χ0v) is 28.8. The number of halogens is 4. The molecule has 0 saturated heterocycles. The van der Waals surface area contributed by atoms with Crippen molar-refractivity contribution in [3.8, 4) is 10.7 Å². The third-order valence-electron chi connectivity index (χ3n) is 8.11. The third kappa shape index (κ3) is 7.24. The van der Waals surface area contributed by atoms with E-state index in [-0.39, 0.29) is 29.6 Å². The average molecular weight is 719 g/mol. The van der Waals surface area contributed by atoms with Crippen LogP contribution < -0.4 is 10.9 Å². The molecule has 0 fully saturated rings. The number of thiophene rings is 1. The molecule has 16 heteroatoms. The van der Waals surface area contributed by atoms with Gasteiger partial charge < -0.3 is 24.3 Å². The topological polar surface area (TPSA) is 120 Å². The highest BCUT2D eigenvalue weighted by molar-refractivity contribution is 7.15. The minimum atomic E-state index is -4.60. The normalized spacial score (nSPS) is 15.3. The van der Waals surface area contributed by atoms with Gasteiger partial charge in [-0.25, -0.2) is 4.79 Å². The summed E-state index contributed by atoms with van der Waals surface area (Å²) in [7, 11) is 0. The lowest BCUT2D eigenvalue weighted by atomic mass is 9.97. The first-order valence-corrected chi connectivity index (χ1v) is 16.9. The van der Waals surface area contributed by atoms with Crippen molar-refractivity contribution in [2.75, 3.05) is 25.0 Å². The number of hydrogen-bond donors (Lipinski definition) is 1. The van der Waals surface area contributed by atoms with Gasteiger partial charge in [0.2, 0.25) is 11.7 Å². The highest BCUT2D eigenvalue weighted by Gasteiger charge is 2.32. The third-order valence-corrected chi connectivity index (χ3v) is 9.57. The van der Waals surface area contributed by atoms with Crippen molar-refractivity contribution in [1.29, 1.82) is 0 Å². The molecule has 2 aliphatic rings. The molecule has 0 radical (unpaired) electrons. The van der Waals surface area contributed by atoms with Gasteiger partial charge in [0, 0.05) is 23.7 Å². The Morgan fingerprint density at radius 3 is 2.57 bits per heavy atom. The van der Waals surface area contributed by atoms with Crippen molar-refractivity contribution < 1.29 is 32.2 Å². The molecule has 0 atom stereocenters. The molecule has 2 aliphatic heterocycles. The van der Waals surface area contributed by atoms with Gasteiger partial charge in [-0.15, -0.1) is 16.4 Å². The minimum absolute atomic E-state index is 0.000711. The average Bonchev–Trinajstić information content (AvgIpc) is 3.67. The molecule has 0 bridgehead atoms. The van der Waals surface area contributed by atoms with E-state index in [0.29, 0.717) is 55.3 Å². The number of anilines is 1. The molecular weight excluding hydrogens is 685 g/mol. The maximum absolute atomic E-state index is 14.2. The molecule has 0 unspecified atom stereocenters. The lowest BCUT2D eigenvalue weighted by Gasteiger charge is -2.30. The van der Waals surface area contributed by atoms with Gasteiger partial charge in [-0.1, -0.05) is 24.6 Å². The van der Waals surface area contributed by atoms with Gasteiger partial charge in [-0.05, 0) is 75.4 Å². The first kappa shape index (κ1) is 34.6. The fraction of sp³-hybridized carbons (Fsp3) is 0.424. The Morgan fingerprint density at radius 1 is 1.16 bits per heavy atom. The summed E-state index contributed by atoms with van der Waals surface area (Å²) in [5, 5.41) is 6.93. The summed E-state index contributed by atoms with van der Waals surface area (Å²) in [5.41, 5.74) is 0.638. The quantitative estimate of drug-likeness (QED) is 0.239. The lowest BCUT2D eigenvalue weighted by molar-refractivity contribution is -0.137. The van der Waals surface area contributed by atoms with Crippen LogP contribution in [-0.4, -0.2) is 61.4 Å². The number of nitrogens with zero attached hydrogens (tertiary/aromatic N) is 5. The van der Waals surface area contributed by atoms with Crippen molar-refractivity contribution in [2.45, 2.75) is 71.9 Å². The van der Waals surface area contributed by atoms with E-state index in [2.05, 4.69) is 10.4 Å². The molecule has 2 amide bonds. The predicted octanol–water partition coefficient (Wildman–Crippen LogP) is 6.59. The zero-order valence-electron chi connectivity index (χ0n) is 27.2. The number of nitrogens with one attached hydrogen (secondary N) is 1. The first-order chi connectivity index (χ1) is 23.1. The van der Waals surface area contributed by atoms with Crippen LogP contribution in [-0.2, 0) is 46.4 Å². The Hall–Kier alpha value is -4.21. The van der Waals surface area contributed by atoms with E-state index in [9.17, 15) is 27.6 Å². The molecule has 4 aromatic rings. The summed E-state index contributed by atoms with van der Waals surface area (Å²) in [5.74, 6) is -0.164. The number of fused-ring (bicyclic) bond motifs is 2. The summed E-state index contributed by atoms with van der Waals surface area (Å²) in [4.78, 5) is 48.5. The number of alkyl halides is 3. The van der Waals surface area contributed by atoms with Crippen molar-refractivity contribution in [2.24, 2.45) is 0 Å². The summed E-state index contributed by atoms with van der Waals surface area (Å²) in [6.07, 6.45) is -1.84. The molecule has 0 saturated carbocycles. The Morgan fingerprint density at radius 2 is 1.94 bits per heavy atom. The smallest absolute Gasteiger partial charge is 0.416 e. The van der Waals surface area contributed by atoms with Crippen molar-refractivity contribution in [3.05, 3.63) is 73.0 Å². The number of carbonyl (C=O) groups is 2. The highest BCUT2D eigenvalue weighted by atomic mass is 35.5. The molecule has 3 aromatic heterocycles. The van der Waals surface area contributed by atoms with Gasteiger partial charge in [0.05, 0.1) is 39.9 Å². The molecule has 5 heterocycles. The fourth-order valence-electron chi connectivity index (χ4n) is 5.83. The van der Waals surface area contributed by atoms with E-state index in [1.165, 1.54) is 15.9 Å². The number of benzene rings is 1. The lowest BCUT2D eigenvalue weighted by Crippen LogP contribution is -2.39. The summed E-state index contributed by atoms with van der Waals surface area (Å²) < 4.78 is 53.5. The second-order valence-electron chi connectivity index (χ2n) is 12.7. The Labute approximate surface area is 288 Å². The molecule has 1 aromatic carbocycles. The van der Waals surface area contributed by atoms with E-state index >= 15 is 0 Å². The molecule has 260 valence electrons. The molecule has 1 N–H and O–H groups in total. The highest BCUT2D eigenvalue weighted by Crippen LogP contribution is 2.35. The standard InChI is InChI=1S/C33H34ClF3N6O5S/c1-5-23-27(18-8-11-41(12-9-18)31(46)48-32(2,3)4)29(45)43-30(39-28(40-43)24-14-19-10-13-47-17-25(19)49-24)42(23)16-26(44)38-22-7-6-20(15-21(22)34)33(35,36)37/h6-8,14-15H,5,9-13,16-17H2,1-4H3,(H,38,44). The van der Waals surface area contributed by atoms with Crippen LogP contribution in [0.1, 0.15) is 61.4 Å². The van der Waals surface area contributed by atoms with Gasteiger partial charge in [-0.2, -0.15) is 22.7 Å². The molecule has 11 nitrogen and oxygen atoms in total. The maximum atomic E-state index is 14.2. The summed E-state index contributed by atoms with van der Waals surface area (Å²) in [6, 6.07) is 4.66. The number of carbonyl (C=O) groups excluding carboxylic acids is 2. The van der Waals surface area contributed by atoms with Crippen molar-refractivity contribution in [3.63, 3.8) is 0 Å². The van der Waals surface area contributed by atoms with E-state index in [0.717, 1.165) is 39.9 Å². The zero-order chi connectivity index (χ0) is 35.2. The summed E-state index contributed by atoms with van der Waals surface area (Å²) in [6.45, 7) is 8.46. The Bertz CT molecular complexity index is 2020. The molecular formula is C33H34ClF3N6O5S. The first-order valence-electron chi connectivity index (χ1n) is 15.7. The van der Waals surface area contributed by atoms with Crippen LogP contribution in [0.4, 0.5) is 23.7 Å². The van der Waals surface area contributed by atoms with Crippen LogP contribution in [0.15, 0.2) is 35.1 Å². The van der Waals surface area contributed by atoms with Crippen LogP contribution in [0.25, 0.3) is 22.1 Å². The monoisotopic (exact) mass is 718 g/mol. The molecule has 0 aliphatic carbocycles. The van der Waals surface area contributed by atoms with E-state index in [4.69, 9.17) is 26.1 Å². The van der Waals surface area contributed by atoms with Gasteiger partial charge >= 0.3 is 12.3 Å². The van der Waals surface area contributed by atoms with Crippen LogP contribution in [0.3, 0.4) is 0 Å². The Kier molecular flexibility index (Phi) is 9.37. The van der Waals surface area contributed by atoms with E-state index < -0.39 is 34.9 Å². The molecule has 49 heavy (non-hydrogen) atoms. The van der Waals surface area contributed by atoms with Gasteiger partial charge in [0.1, 0.15) is 12.1 Å². The summed E-state index contributed by atoms with van der Waals surface area (Å²) >= 11 is 7.60. The van der Waals surface area contributed by atoms with Crippen LogP contribution in [0, 0.1) is 0 Å². The SMILES string of the molecule is CCc1c(C2=CCN(C(=O)OC(C)(C)C)CC2)c(=O)n2nc(-c3cc4c(s3)COCC4)nc2n1CC(=O)Nc1ccc(C(F)(F)F)cc1Cl. The number of ether oxygens (including phenoxy) is 2. The predicted molar refractivity (Wildman–Crippen MR) is 179 cm³/mol. The largest absolute Gasteiger partial charge is 0.444 e. The van der Waals surface area contributed by atoms with Gasteiger partial charge in [-0.3, -0.25) is 9.59 Å². The Balaban J connectivity index is 1.41. The van der Waals surface area contributed by atoms with Crippen LogP contribution in [0.5, 0.6) is 0 Å². The van der Waals surface area contributed by atoms with Gasteiger partial charge in [0.15, 0.2) is 5.82 Å². The minimum Gasteiger partial charge on any atom is -0.444 e. The fourth-order valence-corrected chi connectivity index (χ4v) is 7.14. The van der Waals surface area contributed by atoms with Crippen LogP contribution >= 0.6 is 22.9 Å². The maximum Gasteiger partial charge on any atom is 0.416 e. The molecule has 0 spiro atoms. The second-order valence-corrected chi connectivity index (χ2v) is 14.3. The number of rotatable bonds is 6. The van der Waals surface area contributed by atoms with Crippen molar-refractivity contribution in [1.82, 2.24) is 24.1 Å². The second kappa shape index (κ2) is 13.2. The molecule has 6 rings (SSSR count). The van der Waals surface area contributed by atoms with Crippen molar-refractivity contribution >= 4 is 52.0 Å². The number of amides is 2.